The van der Waals surface area contributed by atoms with Crippen molar-refractivity contribution in [2.24, 2.45) is 0 Å². The first-order valence-electron chi connectivity index (χ1n) is 8.72. The molecule has 1 aliphatic carbocycles. The van der Waals surface area contributed by atoms with Crippen molar-refractivity contribution in [3.8, 4) is 17.3 Å². The van der Waals surface area contributed by atoms with Gasteiger partial charge in [-0.25, -0.2) is 4.98 Å². The number of fused-ring (bicyclic) bond motifs is 1. The van der Waals surface area contributed by atoms with Crippen molar-refractivity contribution in [3.05, 3.63) is 54.5 Å². The number of aromatic amines is 1. The van der Waals surface area contributed by atoms with Crippen LogP contribution in [0.3, 0.4) is 0 Å². The van der Waals surface area contributed by atoms with E-state index in [-0.39, 0.29) is 0 Å². The van der Waals surface area contributed by atoms with E-state index in [1.165, 1.54) is 0 Å². The number of anilines is 3. The Balaban J connectivity index is 1.53. The molecule has 1 fully saturated rings. The molecule has 132 valence electrons. The van der Waals surface area contributed by atoms with Crippen LogP contribution in [0.25, 0.3) is 16.9 Å². The first-order valence-corrected chi connectivity index (χ1v) is 8.72. The van der Waals surface area contributed by atoms with Crippen LogP contribution >= 0.6 is 0 Å². The quantitative estimate of drug-likeness (QED) is 0.506. The minimum Gasteiger partial charge on any atom is -0.379 e. The summed E-state index contributed by atoms with van der Waals surface area (Å²) in [4.78, 5) is 4.34. The van der Waals surface area contributed by atoms with E-state index in [1.807, 2.05) is 36.4 Å². The summed E-state index contributed by atoms with van der Waals surface area (Å²) in [6, 6.07) is 14.4. The van der Waals surface area contributed by atoms with Gasteiger partial charge in [0.05, 0.1) is 17.6 Å². The summed E-state index contributed by atoms with van der Waals surface area (Å²) in [5, 5.41) is 27.6. The number of nitrogens with zero attached hydrogens (tertiary/aromatic N) is 5. The number of nitriles is 1. The van der Waals surface area contributed by atoms with Crippen LogP contribution in [-0.4, -0.2) is 30.8 Å². The third kappa shape index (κ3) is 2.95. The van der Waals surface area contributed by atoms with Gasteiger partial charge in [-0.05, 0) is 31.0 Å². The first kappa shape index (κ1) is 15.4. The molecule has 1 aliphatic rings. The van der Waals surface area contributed by atoms with E-state index in [0.29, 0.717) is 23.2 Å². The van der Waals surface area contributed by atoms with Gasteiger partial charge in [-0.3, -0.25) is 5.10 Å². The molecule has 0 radical (unpaired) electrons. The second kappa shape index (κ2) is 6.14. The highest BCUT2D eigenvalue weighted by Crippen LogP contribution is 2.29. The summed E-state index contributed by atoms with van der Waals surface area (Å²) in [6.07, 6.45) is 5.57. The van der Waals surface area contributed by atoms with Crippen LogP contribution in [-0.2, 0) is 0 Å². The summed E-state index contributed by atoms with van der Waals surface area (Å²) in [5.41, 5.74) is 4.80. The Morgan fingerprint density at radius 2 is 2.15 bits per heavy atom. The maximum atomic E-state index is 9.33. The van der Waals surface area contributed by atoms with Crippen LogP contribution in [0.4, 0.5) is 17.2 Å². The summed E-state index contributed by atoms with van der Waals surface area (Å²) >= 11 is 0. The SMILES string of the molecule is N#Cc1cnc2c(NC3CC3)cc(Nc3cccc(-c4ccn[nH]4)c3)nn12. The van der Waals surface area contributed by atoms with Crippen molar-refractivity contribution in [1.82, 2.24) is 24.8 Å². The van der Waals surface area contributed by atoms with Crippen LogP contribution in [0.15, 0.2) is 48.8 Å². The zero-order valence-corrected chi connectivity index (χ0v) is 14.3. The smallest absolute Gasteiger partial charge is 0.178 e. The maximum absolute atomic E-state index is 9.33. The molecule has 3 aromatic heterocycles. The minimum atomic E-state index is 0.402. The fourth-order valence-electron chi connectivity index (χ4n) is 2.99. The lowest BCUT2D eigenvalue weighted by atomic mass is 10.1. The Kier molecular flexibility index (Phi) is 3.50. The number of hydrogen-bond donors (Lipinski definition) is 3. The highest BCUT2D eigenvalue weighted by Gasteiger charge is 2.23. The Morgan fingerprint density at radius 1 is 1.22 bits per heavy atom. The molecule has 1 saturated carbocycles. The lowest BCUT2D eigenvalue weighted by molar-refractivity contribution is 0.924. The van der Waals surface area contributed by atoms with Crippen LogP contribution in [0.5, 0.6) is 0 Å². The number of hydrogen-bond acceptors (Lipinski definition) is 6. The molecule has 3 N–H and O–H groups in total. The van der Waals surface area contributed by atoms with Crippen molar-refractivity contribution < 1.29 is 0 Å². The number of H-pyrrole nitrogens is 1. The van der Waals surface area contributed by atoms with Gasteiger partial charge in [0.2, 0.25) is 0 Å². The molecule has 8 heteroatoms. The lowest BCUT2D eigenvalue weighted by Crippen LogP contribution is -2.07. The highest BCUT2D eigenvalue weighted by atomic mass is 15.3. The molecule has 0 saturated heterocycles. The van der Waals surface area contributed by atoms with Gasteiger partial charge in [-0.15, -0.1) is 5.10 Å². The Labute approximate surface area is 154 Å². The molecule has 0 spiro atoms. The average Bonchev–Trinajstić information content (AvgIpc) is 3.18. The Morgan fingerprint density at radius 3 is 2.93 bits per heavy atom. The summed E-state index contributed by atoms with van der Waals surface area (Å²) in [5.74, 6) is 0.641. The third-order valence-electron chi connectivity index (χ3n) is 4.47. The molecule has 27 heavy (non-hydrogen) atoms. The van der Waals surface area contributed by atoms with Crippen LogP contribution in [0, 0.1) is 11.3 Å². The normalized spacial score (nSPS) is 13.4. The molecule has 3 heterocycles. The molecule has 1 aromatic carbocycles. The predicted octanol–water partition coefficient (Wildman–Crippen LogP) is 3.31. The van der Waals surface area contributed by atoms with Crippen LogP contribution in [0.2, 0.25) is 0 Å². The monoisotopic (exact) mass is 356 g/mol. The van der Waals surface area contributed by atoms with Crippen LogP contribution in [0.1, 0.15) is 18.5 Å². The fraction of sp³-hybridized carbons (Fsp3) is 0.158. The molecule has 8 nitrogen and oxygen atoms in total. The van der Waals surface area contributed by atoms with E-state index in [4.69, 9.17) is 0 Å². The molecule has 0 aliphatic heterocycles. The number of nitrogens with one attached hydrogen (secondary N) is 3. The first-order chi connectivity index (χ1) is 13.3. The molecule has 0 bridgehead atoms. The van der Waals surface area contributed by atoms with Gasteiger partial charge in [-0.1, -0.05) is 12.1 Å². The lowest BCUT2D eigenvalue weighted by Gasteiger charge is -2.11. The van der Waals surface area contributed by atoms with Gasteiger partial charge in [0.1, 0.15) is 6.07 Å². The average molecular weight is 356 g/mol. The topological polar surface area (TPSA) is 107 Å². The molecule has 4 aromatic rings. The van der Waals surface area contributed by atoms with E-state index in [9.17, 15) is 5.26 Å². The van der Waals surface area contributed by atoms with E-state index in [0.717, 1.165) is 35.5 Å². The van der Waals surface area contributed by atoms with E-state index in [2.05, 4.69) is 37.0 Å². The van der Waals surface area contributed by atoms with Crippen molar-refractivity contribution in [3.63, 3.8) is 0 Å². The molecular weight excluding hydrogens is 340 g/mol. The largest absolute Gasteiger partial charge is 0.379 e. The standard InChI is InChI=1S/C19H16N8/c20-10-15-11-21-19-17(23-13-4-5-13)9-18(26-27(15)19)24-14-3-1-2-12(8-14)16-6-7-22-25-16/h1-3,6-9,11,13,23H,4-5H2,(H,22,25)(H,24,26). The van der Waals surface area contributed by atoms with Gasteiger partial charge in [-0.2, -0.15) is 14.9 Å². The molecule has 0 amide bonds. The van der Waals surface area contributed by atoms with Crippen molar-refractivity contribution in [2.75, 3.05) is 10.6 Å². The molecule has 5 rings (SSSR count). The van der Waals surface area contributed by atoms with E-state index in [1.54, 1.807) is 16.9 Å². The van der Waals surface area contributed by atoms with Crippen molar-refractivity contribution >= 4 is 22.8 Å². The zero-order valence-electron chi connectivity index (χ0n) is 14.3. The number of imidazole rings is 1. The van der Waals surface area contributed by atoms with Gasteiger partial charge >= 0.3 is 0 Å². The molecule has 0 atom stereocenters. The zero-order chi connectivity index (χ0) is 18.2. The predicted molar refractivity (Wildman–Crippen MR) is 102 cm³/mol. The summed E-state index contributed by atoms with van der Waals surface area (Å²) < 4.78 is 1.58. The second-order valence-electron chi connectivity index (χ2n) is 6.53. The summed E-state index contributed by atoms with van der Waals surface area (Å²) in [7, 11) is 0. The number of benzene rings is 1. The maximum Gasteiger partial charge on any atom is 0.178 e. The van der Waals surface area contributed by atoms with Gasteiger partial charge < -0.3 is 10.6 Å². The summed E-state index contributed by atoms with van der Waals surface area (Å²) in [6.45, 7) is 0. The highest BCUT2D eigenvalue weighted by molar-refractivity contribution is 5.74. The van der Waals surface area contributed by atoms with E-state index >= 15 is 0 Å². The van der Waals surface area contributed by atoms with Crippen molar-refractivity contribution in [2.45, 2.75) is 18.9 Å². The number of aromatic nitrogens is 5. The fourth-order valence-corrected chi connectivity index (χ4v) is 2.99. The van der Waals surface area contributed by atoms with E-state index < -0.39 is 0 Å². The second-order valence-corrected chi connectivity index (χ2v) is 6.53. The number of rotatable bonds is 5. The molecular formula is C19H16N8. The van der Waals surface area contributed by atoms with Crippen molar-refractivity contribution in [1.29, 1.82) is 5.26 Å². The van der Waals surface area contributed by atoms with Gasteiger partial charge in [0.25, 0.3) is 0 Å². The Hall–Kier alpha value is -3.86. The third-order valence-corrected chi connectivity index (χ3v) is 4.47. The molecule has 0 unspecified atom stereocenters. The Bertz CT molecular complexity index is 1150. The van der Waals surface area contributed by atoms with Gasteiger partial charge in [0, 0.05) is 29.6 Å². The van der Waals surface area contributed by atoms with Crippen LogP contribution < -0.4 is 10.6 Å². The van der Waals surface area contributed by atoms with Gasteiger partial charge in [0.15, 0.2) is 17.2 Å². The minimum absolute atomic E-state index is 0.402.